The van der Waals surface area contributed by atoms with Crippen molar-refractivity contribution >= 4 is 43.8 Å². The topological polar surface area (TPSA) is 106 Å². The summed E-state index contributed by atoms with van der Waals surface area (Å²) in [5.41, 5.74) is 6.90. The van der Waals surface area contributed by atoms with Crippen LogP contribution in [0.4, 0.5) is 5.82 Å². The van der Waals surface area contributed by atoms with E-state index in [0.717, 1.165) is 41.8 Å². The monoisotopic (exact) mass is 462 g/mol. The van der Waals surface area contributed by atoms with Crippen molar-refractivity contribution in [2.75, 3.05) is 37.6 Å². The molecule has 2 aromatic heterocycles. The number of carbonyl (C=O) groups is 1. The van der Waals surface area contributed by atoms with Crippen LogP contribution in [0.25, 0.3) is 15.5 Å². The van der Waals surface area contributed by atoms with Gasteiger partial charge in [0.25, 0.3) is 5.56 Å². The average molecular weight is 463 g/mol. The van der Waals surface area contributed by atoms with Crippen LogP contribution in [-0.2, 0) is 11.2 Å². The largest absolute Gasteiger partial charge is 0.354 e. The molecule has 0 spiro atoms. The number of hydrogen-bond acceptors (Lipinski definition) is 8. The van der Waals surface area contributed by atoms with Gasteiger partial charge in [0.05, 0.1) is 6.54 Å². The first kappa shape index (κ1) is 19.2. The van der Waals surface area contributed by atoms with Crippen molar-refractivity contribution in [2.45, 2.75) is 6.42 Å². The van der Waals surface area contributed by atoms with E-state index in [9.17, 15) is 9.59 Å². The summed E-state index contributed by atoms with van der Waals surface area (Å²) in [4.78, 5) is 31.6. The van der Waals surface area contributed by atoms with Gasteiger partial charge < -0.3 is 16.0 Å². The van der Waals surface area contributed by atoms with Gasteiger partial charge in [0.2, 0.25) is 4.96 Å². The molecule has 3 aromatic rings. The summed E-state index contributed by atoms with van der Waals surface area (Å²) in [5, 5.41) is 8.41. The number of aromatic nitrogens is 3. The minimum atomic E-state index is -0.199. The Balaban J connectivity index is 1.72. The van der Waals surface area contributed by atoms with Crippen molar-refractivity contribution in [2.24, 2.45) is 5.73 Å². The highest BCUT2D eigenvalue weighted by molar-refractivity contribution is 9.10. The number of benzene rings is 1. The third-order valence-electron chi connectivity index (χ3n) is 4.51. The van der Waals surface area contributed by atoms with Gasteiger partial charge in [-0.25, -0.2) is 4.98 Å². The highest BCUT2D eigenvalue weighted by atomic mass is 79.9. The molecule has 0 bridgehead atoms. The van der Waals surface area contributed by atoms with E-state index in [2.05, 4.69) is 36.2 Å². The van der Waals surface area contributed by atoms with Crippen LogP contribution in [0.3, 0.4) is 0 Å². The summed E-state index contributed by atoms with van der Waals surface area (Å²) in [7, 11) is 0. The number of Topliss-reactive ketones (excluding diaryl/α,β-unsaturated/α-hetero) is 1. The minimum Gasteiger partial charge on any atom is -0.354 e. The van der Waals surface area contributed by atoms with Crippen molar-refractivity contribution in [3.8, 4) is 10.6 Å². The maximum absolute atomic E-state index is 12.6. The molecule has 1 fully saturated rings. The van der Waals surface area contributed by atoms with Gasteiger partial charge in [0.1, 0.15) is 10.8 Å². The highest BCUT2D eigenvalue weighted by Crippen LogP contribution is 2.29. The van der Waals surface area contributed by atoms with E-state index >= 15 is 0 Å². The molecule has 0 amide bonds. The summed E-state index contributed by atoms with van der Waals surface area (Å²) in [6, 6.07) is 7.24. The SMILES string of the molecule is NCC(=O)Cc1cc(Br)cc(-c2nn3c(=O)cc(N4CCNCC4)nc3s2)c1. The number of hydrogen-bond donors (Lipinski definition) is 2. The Morgan fingerprint density at radius 3 is 2.79 bits per heavy atom. The lowest BCUT2D eigenvalue weighted by Gasteiger charge is -2.27. The van der Waals surface area contributed by atoms with Gasteiger partial charge >= 0.3 is 0 Å². The van der Waals surface area contributed by atoms with Crippen molar-refractivity contribution in [3.05, 3.63) is 44.7 Å². The molecule has 8 nitrogen and oxygen atoms in total. The molecule has 146 valence electrons. The van der Waals surface area contributed by atoms with Crippen molar-refractivity contribution in [3.63, 3.8) is 0 Å². The maximum atomic E-state index is 12.6. The molecule has 28 heavy (non-hydrogen) atoms. The molecule has 3 heterocycles. The minimum absolute atomic E-state index is 0.0110. The number of rotatable bonds is 5. The van der Waals surface area contributed by atoms with Crippen LogP contribution in [0.5, 0.6) is 0 Å². The lowest BCUT2D eigenvalue weighted by atomic mass is 10.1. The number of nitrogens with one attached hydrogen (secondary N) is 1. The molecule has 1 aliphatic rings. The lowest BCUT2D eigenvalue weighted by molar-refractivity contribution is -0.117. The zero-order valence-electron chi connectivity index (χ0n) is 15.0. The van der Waals surface area contributed by atoms with E-state index in [-0.39, 0.29) is 24.3 Å². The molecule has 0 unspecified atom stereocenters. The van der Waals surface area contributed by atoms with Crippen molar-refractivity contribution < 1.29 is 4.79 Å². The number of halogens is 1. The molecule has 4 rings (SSSR count). The molecule has 0 atom stereocenters. The van der Waals surface area contributed by atoms with Crippen LogP contribution in [0, 0.1) is 0 Å². The van der Waals surface area contributed by atoms with Gasteiger partial charge in [-0.1, -0.05) is 27.3 Å². The van der Waals surface area contributed by atoms with Gasteiger partial charge in [-0.05, 0) is 23.8 Å². The first-order chi connectivity index (χ1) is 13.5. The van der Waals surface area contributed by atoms with E-state index in [1.54, 1.807) is 0 Å². The standard InChI is InChI=1S/C18H19BrN6O2S/c19-13-6-11(7-14(26)10-20)5-12(8-13)17-23-25-16(27)9-15(22-18(25)28-17)24-3-1-21-2-4-24/h5-6,8-9,21H,1-4,7,10,20H2. The quantitative estimate of drug-likeness (QED) is 0.583. The fourth-order valence-corrected chi connectivity index (χ4v) is 4.58. The third-order valence-corrected chi connectivity index (χ3v) is 5.92. The number of nitrogens with zero attached hydrogens (tertiary/aromatic N) is 4. The molecule has 1 aliphatic heterocycles. The second-order valence-corrected chi connectivity index (χ2v) is 8.43. The predicted octanol–water partition coefficient (Wildman–Crippen LogP) is 1.06. The molecule has 1 saturated heterocycles. The Morgan fingerprint density at radius 1 is 1.25 bits per heavy atom. The molecule has 1 aromatic carbocycles. The van der Waals surface area contributed by atoms with E-state index in [0.29, 0.717) is 15.8 Å². The van der Waals surface area contributed by atoms with Gasteiger partial charge in [-0.15, -0.1) is 0 Å². The van der Waals surface area contributed by atoms with Gasteiger partial charge in [0, 0.05) is 48.7 Å². The summed E-state index contributed by atoms with van der Waals surface area (Å²) in [6.45, 7) is 3.39. The Kier molecular flexibility index (Phi) is 5.54. The lowest BCUT2D eigenvalue weighted by Crippen LogP contribution is -2.44. The van der Waals surface area contributed by atoms with Crippen LogP contribution in [-0.4, -0.2) is 53.1 Å². The Morgan fingerprint density at radius 2 is 2.04 bits per heavy atom. The summed E-state index contributed by atoms with van der Waals surface area (Å²) in [6.07, 6.45) is 0.263. The molecule has 0 radical (unpaired) electrons. The third kappa shape index (κ3) is 4.00. The fraction of sp³-hybridized carbons (Fsp3) is 0.333. The molecule has 0 aliphatic carbocycles. The van der Waals surface area contributed by atoms with E-state index in [4.69, 9.17) is 5.73 Å². The second-order valence-electron chi connectivity index (χ2n) is 6.56. The summed E-state index contributed by atoms with van der Waals surface area (Å²) >= 11 is 4.83. The fourth-order valence-electron chi connectivity index (χ4n) is 3.15. The van der Waals surface area contributed by atoms with Gasteiger partial charge in [-0.3, -0.25) is 9.59 Å². The Bertz CT molecular complexity index is 1090. The first-order valence-electron chi connectivity index (χ1n) is 8.91. The maximum Gasteiger partial charge on any atom is 0.277 e. The molecule has 3 N–H and O–H groups in total. The number of piperazine rings is 1. The zero-order chi connectivity index (χ0) is 19.7. The van der Waals surface area contributed by atoms with Crippen molar-refractivity contribution in [1.82, 2.24) is 19.9 Å². The second kappa shape index (κ2) is 8.08. The van der Waals surface area contributed by atoms with Crippen LogP contribution < -0.4 is 21.5 Å². The molecule has 0 saturated carbocycles. The normalized spacial score (nSPS) is 14.6. The number of fused-ring (bicyclic) bond motifs is 1. The molecular formula is C18H19BrN6O2S. The van der Waals surface area contributed by atoms with E-state index in [1.807, 2.05) is 18.2 Å². The number of carbonyl (C=O) groups excluding carboxylic acids is 1. The van der Waals surface area contributed by atoms with Crippen LogP contribution in [0.15, 0.2) is 33.5 Å². The Labute approximate surface area is 173 Å². The summed E-state index contributed by atoms with van der Waals surface area (Å²) in [5.74, 6) is 0.650. The van der Waals surface area contributed by atoms with Crippen molar-refractivity contribution in [1.29, 1.82) is 0 Å². The molecule has 10 heteroatoms. The molecular weight excluding hydrogens is 444 g/mol. The van der Waals surface area contributed by atoms with Crippen LogP contribution >= 0.6 is 27.3 Å². The highest BCUT2D eigenvalue weighted by Gasteiger charge is 2.17. The van der Waals surface area contributed by atoms with E-state index < -0.39 is 0 Å². The van der Waals surface area contributed by atoms with E-state index in [1.165, 1.54) is 21.9 Å². The predicted molar refractivity (Wildman–Crippen MR) is 113 cm³/mol. The van der Waals surface area contributed by atoms with Gasteiger partial charge in [0.15, 0.2) is 5.78 Å². The number of ketones is 1. The van der Waals surface area contributed by atoms with Gasteiger partial charge in [-0.2, -0.15) is 9.61 Å². The number of nitrogens with two attached hydrogens (primary N) is 1. The number of anilines is 1. The average Bonchev–Trinajstić information content (AvgIpc) is 3.13. The Hall–Kier alpha value is -2.14. The first-order valence-corrected chi connectivity index (χ1v) is 10.5. The smallest absolute Gasteiger partial charge is 0.277 e. The van der Waals surface area contributed by atoms with Crippen LogP contribution in [0.2, 0.25) is 0 Å². The van der Waals surface area contributed by atoms with Crippen LogP contribution in [0.1, 0.15) is 5.56 Å². The summed E-state index contributed by atoms with van der Waals surface area (Å²) < 4.78 is 2.17. The zero-order valence-corrected chi connectivity index (χ0v) is 17.4.